The van der Waals surface area contributed by atoms with E-state index in [-0.39, 0.29) is 5.91 Å². The van der Waals surface area contributed by atoms with Crippen molar-refractivity contribution in [3.05, 3.63) is 82.9 Å². The summed E-state index contributed by atoms with van der Waals surface area (Å²) in [6, 6.07) is 13.9. The van der Waals surface area contributed by atoms with Crippen LogP contribution >= 0.6 is 0 Å². The van der Waals surface area contributed by atoms with Crippen LogP contribution in [0.4, 0.5) is 0 Å². The van der Waals surface area contributed by atoms with Gasteiger partial charge in [0.2, 0.25) is 0 Å². The minimum atomic E-state index is -0.0390. The zero-order valence-electron chi connectivity index (χ0n) is 13.9. The van der Waals surface area contributed by atoms with Crippen LogP contribution in [0.5, 0.6) is 0 Å². The van der Waals surface area contributed by atoms with Crippen LogP contribution in [0.1, 0.15) is 32.6 Å². The van der Waals surface area contributed by atoms with Crippen molar-refractivity contribution in [1.82, 2.24) is 20.1 Å². The number of aromatic nitrogens is 3. The van der Waals surface area contributed by atoms with E-state index in [0.717, 1.165) is 27.8 Å². The van der Waals surface area contributed by atoms with Gasteiger partial charge < -0.3 is 5.32 Å². The van der Waals surface area contributed by atoms with Gasteiger partial charge in [-0.1, -0.05) is 36.4 Å². The van der Waals surface area contributed by atoms with Crippen molar-refractivity contribution in [1.29, 1.82) is 0 Å². The van der Waals surface area contributed by atoms with E-state index < -0.39 is 0 Å². The molecule has 1 N–H and O–H groups in total. The quantitative estimate of drug-likeness (QED) is 0.786. The van der Waals surface area contributed by atoms with Crippen molar-refractivity contribution in [2.45, 2.75) is 26.9 Å². The number of hydrogen-bond donors (Lipinski definition) is 1. The third-order valence-corrected chi connectivity index (χ3v) is 4.14. The van der Waals surface area contributed by atoms with Crippen molar-refractivity contribution in [2.75, 3.05) is 0 Å². The summed E-state index contributed by atoms with van der Waals surface area (Å²) in [7, 11) is 0. The maximum absolute atomic E-state index is 12.3. The predicted octanol–water partition coefficient (Wildman–Crippen LogP) is 2.87. The van der Waals surface area contributed by atoms with E-state index in [2.05, 4.69) is 15.4 Å². The van der Waals surface area contributed by atoms with Gasteiger partial charge in [-0.2, -0.15) is 5.10 Å². The molecule has 2 aromatic carbocycles. The first-order valence-corrected chi connectivity index (χ1v) is 7.88. The molecule has 0 aliphatic heterocycles. The Morgan fingerprint density at radius 1 is 1.08 bits per heavy atom. The van der Waals surface area contributed by atoms with Gasteiger partial charge in [-0.15, -0.1) is 0 Å². The summed E-state index contributed by atoms with van der Waals surface area (Å²) in [5, 5.41) is 7.07. The van der Waals surface area contributed by atoms with Gasteiger partial charge in [0, 0.05) is 12.1 Å². The van der Waals surface area contributed by atoms with Crippen molar-refractivity contribution < 1.29 is 4.79 Å². The predicted molar refractivity (Wildman–Crippen MR) is 92.7 cm³/mol. The molecule has 0 radical (unpaired) electrons. The molecule has 24 heavy (non-hydrogen) atoms. The molecule has 1 heterocycles. The van der Waals surface area contributed by atoms with E-state index in [0.29, 0.717) is 13.1 Å². The summed E-state index contributed by atoms with van der Waals surface area (Å²) in [6.45, 7) is 5.19. The number of nitrogens with zero attached hydrogens (tertiary/aromatic N) is 3. The fourth-order valence-electron chi connectivity index (χ4n) is 2.54. The van der Waals surface area contributed by atoms with Gasteiger partial charge in [-0.05, 0) is 42.2 Å². The van der Waals surface area contributed by atoms with Gasteiger partial charge in [-0.3, -0.25) is 4.79 Å². The largest absolute Gasteiger partial charge is 0.348 e. The van der Waals surface area contributed by atoms with Crippen LogP contribution in [0.3, 0.4) is 0 Å². The number of hydrogen-bond acceptors (Lipinski definition) is 3. The zero-order valence-corrected chi connectivity index (χ0v) is 13.9. The highest BCUT2D eigenvalue weighted by Crippen LogP contribution is 2.13. The normalized spacial score (nSPS) is 10.6. The molecule has 0 bridgehead atoms. The Hall–Kier alpha value is -2.95. The highest BCUT2D eigenvalue weighted by molar-refractivity contribution is 5.95. The van der Waals surface area contributed by atoms with Gasteiger partial charge in [0.1, 0.15) is 12.7 Å². The summed E-state index contributed by atoms with van der Waals surface area (Å²) < 4.78 is 1.78. The fourth-order valence-corrected chi connectivity index (χ4v) is 2.54. The summed E-state index contributed by atoms with van der Waals surface area (Å²) in [5.41, 5.74) is 5.09. The number of carbonyl (C=O) groups is 1. The second kappa shape index (κ2) is 7.08. The molecule has 0 spiro atoms. The molecule has 0 aliphatic carbocycles. The number of nitrogens with one attached hydrogen (secondary N) is 1. The lowest BCUT2D eigenvalue weighted by molar-refractivity contribution is 0.0950. The Labute approximate surface area is 141 Å². The lowest BCUT2D eigenvalue weighted by Crippen LogP contribution is -2.23. The topological polar surface area (TPSA) is 59.8 Å². The molecule has 3 rings (SSSR count). The number of aryl methyl sites for hydroxylation is 1. The van der Waals surface area contributed by atoms with E-state index in [1.54, 1.807) is 11.0 Å². The Balaban J connectivity index is 1.60. The molecule has 1 amide bonds. The van der Waals surface area contributed by atoms with Crippen LogP contribution in [0.2, 0.25) is 0 Å². The van der Waals surface area contributed by atoms with Crippen LogP contribution in [0, 0.1) is 13.8 Å². The van der Waals surface area contributed by atoms with E-state index in [1.165, 1.54) is 6.33 Å². The molecule has 0 saturated heterocycles. The highest BCUT2D eigenvalue weighted by Gasteiger charge is 2.09. The van der Waals surface area contributed by atoms with Gasteiger partial charge in [0.05, 0.1) is 6.54 Å². The van der Waals surface area contributed by atoms with Crippen molar-refractivity contribution in [3.8, 4) is 0 Å². The molecular weight excluding hydrogens is 300 g/mol. The summed E-state index contributed by atoms with van der Waals surface area (Å²) in [6.07, 6.45) is 3.22. The molecule has 0 fully saturated rings. The molecule has 5 heteroatoms. The van der Waals surface area contributed by atoms with Crippen LogP contribution in [-0.4, -0.2) is 20.7 Å². The van der Waals surface area contributed by atoms with Gasteiger partial charge in [0.25, 0.3) is 5.91 Å². The van der Waals surface area contributed by atoms with Crippen LogP contribution in [0.15, 0.2) is 55.1 Å². The van der Waals surface area contributed by atoms with Gasteiger partial charge in [0.15, 0.2) is 0 Å². The van der Waals surface area contributed by atoms with Crippen LogP contribution in [0.25, 0.3) is 0 Å². The SMILES string of the molecule is Cc1cccc(C(=O)NCc2ccc(Cn3cncn3)cc2)c1C. The molecule has 3 aromatic rings. The maximum atomic E-state index is 12.3. The van der Waals surface area contributed by atoms with E-state index in [1.807, 2.05) is 56.3 Å². The minimum Gasteiger partial charge on any atom is -0.348 e. The number of rotatable bonds is 5. The summed E-state index contributed by atoms with van der Waals surface area (Å²) in [4.78, 5) is 16.3. The third kappa shape index (κ3) is 3.68. The Kier molecular flexibility index (Phi) is 4.70. The number of amides is 1. The van der Waals surface area contributed by atoms with Gasteiger partial charge >= 0.3 is 0 Å². The summed E-state index contributed by atoms with van der Waals surface area (Å²) in [5.74, 6) is -0.0390. The molecule has 0 saturated carbocycles. The van der Waals surface area contributed by atoms with Crippen LogP contribution < -0.4 is 5.32 Å². The first-order chi connectivity index (χ1) is 11.6. The van der Waals surface area contributed by atoms with Crippen LogP contribution in [-0.2, 0) is 13.1 Å². The number of carbonyl (C=O) groups excluding carboxylic acids is 1. The lowest BCUT2D eigenvalue weighted by Gasteiger charge is -2.10. The average Bonchev–Trinajstić information content (AvgIpc) is 3.09. The summed E-state index contributed by atoms with van der Waals surface area (Å²) >= 11 is 0. The monoisotopic (exact) mass is 320 g/mol. The first kappa shape index (κ1) is 15.9. The molecule has 5 nitrogen and oxygen atoms in total. The van der Waals surface area contributed by atoms with Crippen molar-refractivity contribution >= 4 is 5.91 Å². The second-order valence-corrected chi connectivity index (χ2v) is 5.84. The van der Waals surface area contributed by atoms with Gasteiger partial charge in [-0.25, -0.2) is 9.67 Å². The molecule has 0 unspecified atom stereocenters. The molecule has 122 valence electrons. The molecular formula is C19H20N4O. The second-order valence-electron chi connectivity index (χ2n) is 5.84. The Bertz CT molecular complexity index is 823. The third-order valence-electron chi connectivity index (χ3n) is 4.14. The van der Waals surface area contributed by atoms with E-state index in [9.17, 15) is 4.79 Å². The molecule has 0 aliphatic rings. The number of benzene rings is 2. The maximum Gasteiger partial charge on any atom is 0.251 e. The van der Waals surface area contributed by atoms with E-state index in [4.69, 9.17) is 0 Å². The minimum absolute atomic E-state index is 0.0390. The molecule has 1 aromatic heterocycles. The average molecular weight is 320 g/mol. The Morgan fingerprint density at radius 2 is 1.83 bits per heavy atom. The Morgan fingerprint density at radius 3 is 2.54 bits per heavy atom. The standard InChI is InChI=1S/C19H20N4O/c1-14-4-3-5-18(15(14)2)19(24)21-10-16-6-8-17(9-7-16)11-23-13-20-12-22-23/h3-9,12-13H,10-11H2,1-2H3,(H,21,24). The zero-order chi connectivity index (χ0) is 16.9. The molecule has 0 atom stereocenters. The first-order valence-electron chi connectivity index (χ1n) is 7.88. The lowest BCUT2D eigenvalue weighted by atomic mass is 10.0. The van der Waals surface area contributed by atoms with Crippen molar-refractivity contribution in [2.24, 2.45) is 0 Å². The highest BCUT2D eigenvalue weighted by atomic mass is 16.1. The van der Waals surface area contributed by atoms with E-state index >= 15 is 0 Å². The smallest absolute Gasteiger partial charge is 0.251 e. The fraction of sp³-hybridized carbons (Fsp3) is 0.211. The van der Waals surface area contributed by atoms with Crippen molar-refractivity contribution in [3.63, 3.8) is 0 Å².